The summed E-state index contributed by atoms with van der Waals surface area (Å²) in [4.78, 5) is 24.7. The quantitative estimate of drug-likeness (QED) is 0.727. The number of hydrogen-bond donors (Lipinski definition) is 0. The van der Waals surface area contributed by atoms with Gasteiger partial charge in [-0.25, -0.2) is 4.98 Å². The normalized spacial score (nSPS) is 25.6. The number of hydrogen-bond acceptors (Lipinski definition) is 6. The number of amides is 1. The summed E-state index contributed by atoms with van der Waals surface area (Å²) in [6.07, 6.45) is 3.67. The van der Waals surface area contributed by atoms with E-state index in [0.717, 1.165) is 89.7 Å². The van der Waals surface area contributed by atoms with Gasteiger partial charge in [0.05, 0.1) is 24.3 Å². The third-order valence-corrected chi connectivity index (χ3v) is 6.78. The van der Waals surface area contributed by atoms with E-state index in [1.165, 1.54) is 0 Å². The van der Waals surface area contributed by atoms with Crippen LogP contribution in [-0.4, -0.2) is 84.6 Å². The highest BCUT2D eigenvalue weighted by atomic mass is 16.5. The SMILES string of the molecule is O=C1N(CCN2CCOCC2)CCC12CCN(Cc1coc(-c3ccccc3)n1)C2. The molecule has 1 amide bonds. The number of aromatic nitrogens is 1. The number of ether oxygens (including phenoxy) is 1. The standard InChI is InChI=1S/C23H30N4O3/c28-22-23(7-9-27(22)11-10-25-12-14-29-15-13-25)6-8-26(18-23)16-20-17-30-21(24-20)19-4-2-1-3-5-19/h1-5,17H,6-16,18H2. The van der Waals surface area contributed by atoms with Crippen molar-refractivity contribution in [3.63, 3.8) is 0 Å². The molecular formula is C23H30N4O3. The Balaban J connectivity index is 1.15. The maximum Gasteiger partial charge on any atom is 0.230 e. The number of nitrogens with zero attached hydrogens (tertiary/aromatic N) is 4. The molecule has 7 heteroatoms. The summed E-state index contributed by atoms with van der Waals surface area (Å²) in [7, 11) is 0. The highest BCUT2D eigenvalue weighted by Gasteiger charge is 2.50. The monoisotopic (exact) mass is 410 g/mol. The second-order valence-corrected chi connectivity index (χ2v) is 8.75. The van der Waals surface area contributed by atoms with Gasteiger partial charge in [-0.05, 0) is 31.5 Å². The van der Waals surface area contributed by atoms with Crippen molar-refractivity contribution in [1.29, 1.82) is 0 Å². The van der Waals surface area contributed by atoms with Crippen LogP contribution in [0.25, 0.3) is 11.5 Å². The highest BCUT2D eigenvalue weighted by Crippen LogP contribution is 2.41. The van der Waals surface area contributed by atoms with Gasteiger partial charge in [-0.15, -0.1) is 0 Å². The Hall–Kier alpha value is -2.22. The lowest BCUT2D eigenvalue weighted by molar-refractivity contribution is -0.135. The average molecular weight is 411 g/mol. The second-order valence-electron chi connectivity index (χ2n) is 8.75. The Morgan fingerprint density at radius 1 is 0.967 bits per heavy atom. The molecule has 7 nitrogen and oxygen atoms in total. The van der Waals surface area contributed by atoms with Crippen LogP contribution in [-0.2, 0) is 16.1 Å². The van der Waals surface area contributed by atoms with E-state index in [4.69, 9.17) is 9.15 Å². The molecule has 0 aliphatic carbocycles. The molecule has 1 spiro atoms. The van der Waals surface area contributed by atoms with E-state index < -0.39 is 0 Å². The molecule has 3 aliphatic rings. The largest absolute Gasteiger partial charge is 0.444 e. The van der Waals surface area contributed by atoms with Gasteiger partial charge in [0.2, 0.25) is 11.8 Å². The molecule has 3 fully saturated rings. The summed E-state index contributed by atoms with van der Waals surface area (Å²) in [5, 5.41) is 0. The molecule has 1 unspecified atom stereocenters. The van der Waals surface area contributed by atoms with Crippen LogP contribution < -0.4 is 0 Å². The summed E-state index contributed by atoms with van der Waals surface area (Å²) in [6, 6.07) is 9.96. The lowest BCUT2D eigenvalue weighted by Crippen LogP contribution is -2.43. The van der Waals surface area contributed by atoms with Crippen LogP contribution in [0.1, 0.15) is 18.5 Å². The summed E-state index contributed by atoms with van der Waals surface area (Å²) >= 11 is 0. The van der Waals surface area contributed by atoms with Gasteiger partial charge in [-0.2, -0.15) is 0 Å². The van der Waals surface area contributed by atoms with Crippen LogP contribution in [0, 0.1) is 5.41 Å². The molecule has 1 aromatic carbocycles. The summed E-state index contributed by atoms with van der Waals surface area (Å²) in [5.74, 6) is 1.01. The zero-order valence-corrected chi connectivity index (χ0v) is 17.5. The Labute approximate surface area is 177 Å². The fraction of sp³-hybridized carbons (Fsp3) is 0.565. The van der Waals surface area contributed by atoms with Gasteiger partial charge in [-0.3, -0.25) is 14.6 Å². The Bertz CT molecular complexity index is 864. The summed E-state index contributed by atoms with van der Waals surface area (Å²) in [5.41, 5.74) is 1.72. The maximum absolute atomic E-state index is 13.2. The first kappa shape index (κ1) is 19.7. The molecule has 3 saturated heterocycles. The molecule has 4 heterocycles. The van der Waals surface area contributed by atoms with Gasteiger partial charge in [0, 0.05) is 51.4 Å². The molecule has 0 bridgehead atoms. The Morgan fingerprint density at radius 2 is 1.77 bits per heavy atom. The van der Waals surface area contributed by atoms with Gasteiger partial charge in [0.1, 0.15) is 6.26 Å². The molecule has 0 saturated carbocycles. The van der Waals surface area contributed by atoms with Crippen LogP contribution in [0.15, 0.2) is 41.0 Å². The minimum Gasteiger partial charge on any atom is -0.444 e. The van der Waals surface area contributed by atoms with E-state index in [-0.39, 0.29) is 5.41 Å². The fourth-order valence-electron chi connectivity index (χ4n) is 4.99. The van der Waals surface area contributed by atoms with Crippen molar-refractivity contribution in [2.24, 2.45) is 5.41 Å². The molecule has 1 aromatic heterocycles. The minimum absolute atomic E-state index is 0.197. The van der Waals surface area contributed by atoms with Gasteiger partial charge < -0.3 is 14.1 Å². The van der Waals surface area contributed by atoms with Crippen LogP contribution in [0.3, 0.4) is 0 Å². The number of likely N-dealkylation sites (tertiary alicyclic amines) is 2. The molecule has 30 heavy (non-hydrogen) atoms. The van der Waals surface area contributed by atoms with Gasteiger partial charge in [0.15, 0.2) is 0 Å². The molecule has 0 radical (unpaired) electrons. The molecule has 5 rings (SSSR count). The van der Waals surface area contributed by atoms with E-state index in [1.807, 2.05) is 30.3 Å². The van der Waals surface area contributed by atoms with Crippen LogP contribution >= 0.6 is 0 Å². The topological polar surface area (TPSA) is 62.1 Å². The first-order valence-corrected chi connectivity index (χ1v) is 11.0. The fourth-order valence-corrected chi connectivity index (χ4v) is 4.99. The van der Waals surface area contributed by atoms with Crippen molar-refractivity contribution in [3.8, 4) is 11.5 Å². The lowest BCUT2D eigenvalue weighted by atomic mass is 9.85. The van der Waals surface area contributed by atoms with Crippen molar-refractivity contribution < 1.29 is 13.9 Å². The third-order valence-electron chi connectivity index (χ3n) is 6.78. The number of morpholine rings is 1. The number of rotatable bonds is 6. The Kier molecular flexibility index (Phi) is 5.58. The molecule has 0 N–H and O–H groups in total. The number of oxazole rings is 1. The number of carbonyl (C=O) groups is 1. The maximum atomic E-state index is 13.2. The van der Waals surface area contributed by atoms with Crippen LogP contribution in [0.4, 0.5) is 0 Å². The predicted molar refractivity (Wildman–Crippen MR) is 113 cm³/mol. The second kappa shape index (κ2) is 8.49. The van der Waals surface area contributed by atoms with E-state index in [2.05, 4.69) is 19.7 Å². The molecular weight excluding hydrogens is 380 g/mol. The smallest absolute Gasteiger partial charge is 0.230 e. The van der Waals surface area contributed by atoms with Gasteiger partial charge >= 0.3 is 0 Å². The van der Waals surface area contributed by atoms with E-state index in [9.17, 15) is 4.79 Å². The third kappa shape index (κ3) is 4.02. The minimum atomic E-state index is -0.197. The van der Waals surface area contributed by atoms with E-state index in [0.29, 0.717) is 11.8 Å². The Morgan fingerprint density at radius 3 is 2.60 bits per heavy atom. The number of benzene rings is 1. The van der Waals surface area contributed by atoms with Crippen molar-refractivity contribution in [1.82, 2.24) is 19.7 Å². The predicted octanol–water partition coefficient (Wildman–Crippen LogP) is 2.10. The van der Waals surface area contributed by atoms with E-state index in [1.54, 1.807) is 6.26 Å². The van der Waals surface area contributed by atoms with Crippen LogP contribution in [0.2, 0.25) is 0 Å². The first-order chi connectivity index (χ1) is 14.7. The highest BCUT2D eigenvalue weighted by molar-refractivity contribution is 5.85. The average Bonchev–Trinajstić information content (AvgIpc) is 3.50. The number of carbonyl (C=O) groups excluding carboxylic acids is 1. The van der Waals surface area contributed by atoms with Crippen LogP contribution in [0.5, 0.6) is 0 Å². The molecule has 1 atom stereocenters. The van der Waals surface area contributed by atoms with Gasteiger partial charge in [0.25, 0.3) is 0 Å². The van der Waals surface area contributed by atoms with Crippen molar-refractivity contribution >= 4 is 5.91 Å². The molecule has 3 aliphatic heterocycles. The van der Waals surface area contributed by atoms with Crippen molar-refractivity contribution in [2.45, 2.75) is 19.4 Å². The zero-order chi connectivity index (χ0) is 20.4. The molecule has 160 valence electrons. The van der Waals surface area contributed by atoms with Crippen molar-refractivity contribution in [3.05, 3.63) is 42.3 Å². The lowest BCUT2D eigenvalue weighted by Gasteiger charge is -2.29. The van der Waals surface area contributed by atoms with Gasteiger partial charge in [-0.1, -0.05) is 18.2 Å². The molecule has 2 aromatic rings. The zero-order valence-electron chi connectivity index (χ0n) is 17.5. The first-order valence-electron chi connectivity index (χ1n) is 11.0. The van der Waals surface area contributed by atoms with E-state index >= 15 is 0 Å². The summed E-state index contributed by atoms with van der Waals surface area (Å²) < 4.78 is 11.1. The summed E-state index contributed by atoms with van der Waals surface area (Å²) in [6.45, 7) is 8.75. The van der Waals surface area contributed by atoms with Crippen molar-refractivity contribution in [2.75, 3.05) is 59.0 Å².